The van der Waals surface area contributed by atoms with E-state index in [-0.39, 0.29) is 17.7 Å². The minimum Gasteiger partial charge on any atom is -0.492 e. The number of hydrogen-bond acceptors (Lipinski definition) is 7. The van der Waals surface area contributed by atoms with Crippen LogP contribution >= 0.6 is 11.3 Å². The van der Waals surface area contributed by atoms with E-state index in [0.717, 1.165) is 10.6 Å². The molecule has 7 nitrogen and oxygen atoms in total. The van der Waals surface area contributed by atoms with E-state index in [4.69, 9.17) is 4.42 Å². The van der Waals surface area contributed by atoms with Crippen molar-refractivity contribution < 1.29 is 13.9 Å². The van der Waals surface area contributed by atoms with Gasteiger partial charge >= 0.3 is 0 Å². The Bertz CT molecular complexity index is 1150. The second kappa shape index (κ2) is 7.73. The highest BCUT2D eigenvalue weighted by molar-refractivity contribution is 7.17. The normalized spacial score (nSPS) is 16.4. The summed E-state index contributed by atoms with van der Waals surface area (Å²) in [7, 11) is 0. The Kier molecular flexibility index (Phi) is 4.92. The van der Waals surface area contributed by atoms with E-state index in [1.165, 1.54) is 21.9 Å². The van der Waals surface area contributed by atoms with Crippen molar-refractivity contribution in [1.82, 2.24) is 19.5 Å². The molecule has 9 heteroatoms. The molecule has 1 aromatic carbocycles. The molecule has 0 radical (unpaired) electrons. The number of piperazine rings is 1. The van der Waals surface area contributed by atoms with Gasteiger partial charge in [0.05, 0.1) is 16.8 Å². The standard InChI is InChI=1S/C21H22FN5O2S/c1-2-17-23-21-27(24-17)20(28)19(30-21)18(16-8-5-13-29-16)26-11-9-25(10-12-26)15-7-4-3-6-14(15)22/h3-8,13,18,28H,2,9-12H2,1H3. The maximum absolute atomic E-state index is 14.2. The molecule has 0 spiro atoms. The molecule has 0 amide bonds. The third-order valence-corrected chi connectivity index (χ3v) is 6.57. The van der Waals surface area contributed by atoms with Crippen LogP contribution in [0.1, 0.15) is 29.4 Å². The van der Waals surface area contributed by atoms with E-state index in [0.29, 0.717) is 49.1 Å². The van der Waals surface area contributed by atoms with Crippen LogP contribution in [-0.2, 0) is 6.42 Å². The number of anilines is 1. The molecule has 0 bridgehead atoms. The summed E-state index contributed by atoms with van der Waals surface area (Å²) in [5.41, 5.74) is 0.625. The Balaban J connectivity index is 1.44. The molecular formula is C21H22FN5O2S. The van der Waals surface area contributed by atoms with Gasteiger partial charge < -0.3 is 14.4 Å². The lowest BCUT2D eigenvalue weighted by Gasteiger charge is -2.39. The van der Waals surface area contributed by atoms with Gasteiger partial charge in [-0.25, -0.2) is 9.37 Å². The lowest BCUT2D eigenvalue weighted by atomic mass is 10.1. The number of thiazole rings is 1. The molecule has 4 heterocycles. The molecule has 0 saturated carbocycles. The van der Waals surface area contributed by atoms with Gasteiger partial charge in [0.2, 0.25) is 10.8 Å². The van der Waals surface area contributed by atoms with Crippen molar-refractivity contribution in [2.45, 2.75) is 19.4 Å². The molecule has 5 rings (SSSR count). The number of furan rings is 1. The van der Waals surface area contributed by atoms with Gasteiger partial charge in [-0.15, -0.1) is 5.10 Å². The zero-order valence-corrected chi connectivity index (χ0v) is 17.3. The molecule has 1 fully saturated rings. The smallest absolute Gasteiger partial charge is 0.230 e. The summed E-state index contributed by atoms with van der Waals surface area (Å²) in [6.45, 7) is 4.75. The van der Waals surface area contributed by atoms with Crippen LogP contribution in [0.4, 0.5) is 10.1 Å². The first kappa shape index (κ1) is 19.1. The van der Waals surface area contributed by atoms with Crippen molar-refractivity contribution in [3.05, 3.63) is 64.9 Å². The number of aromatic nitrogens is 3. The Hall–Kier alpha value is -2.91. The lowest BCUT2D eigenvalue weighted by molar-refractivity contribution is 0.190. The molecule has 1 saturated heterocycles. The molecule has 1 N–H and O–H groups in total. The fourth-order valence-corrected chi connectivity index (χ4v) is 5.09. The topological polar surface area (TPSA) is 70.0 Å². The average molecular weight is 428 g/mol. The number of rotatable bonds is 5. The van der Waals surface area contributed by atoms with E-state index in [9.17, 15) is 9.50 Å². The number of nitrogens with zero attached hydrogens (tertiary/aromatic N) is 5. The summed E-state index contributed by atoms with van der Waals surface area (Å²) in [5, 5.41) is 15.3. The predicted octanol–water partition coefficient (Wildman–Crippen LogP) is 3.70. The van der Waals surface area contributed by atoms with Gasteiger partial charge in [0.1, 0.15) is 17.6 Å². The van der Waals surface area contributed by atoms with Crippen LogP contribution in [0, 0.1) is 5.82 Å². The summed E-state index contributed by atoms with van der Waals surface area (Å²) in [6.07, 6.45) is 2.35. The van der Waals surface area contributed by atoms with Crippen LogP contribution in [0.5, 0.6) is 5.88 Å². The molecule has 156 valence electrons. The summed E-state index contributed by atoms with van der Waals surface area (Å²) in [4.78, 5) is 10.2. The molecule has 1 atom stereocenters. The van der Waals surface area contributed by atoms with Gasteiger partial charge in [-0.05, 0) is 24.3 Å². The van der Waals surface area contributed by atoms with Crippen molar-refractivity contribution in [2.75, 3.05) is 31.1 Å². The Morgan fingerprint density at radius 2 is 1.97 bits per heavy atom. The maximum atomic E-state index is 14.2. The van der Waals surface area contributed by atoms with Crippen molar-refractivity contribution in [3.63, 3.8) is 0 Å². The molecule has 3 aromatic heterocycles. The van der Waals surface area contributed by atoms with Crippen molar-refractivity contribution >= 4 is 22.0 Å². The van der Waals surface area contributed by atoms with Crippen molar-refractivity contribution in [2.24, 2.45) is 0 Å². The number of fused-ring (bicyclic) bond motifs is 1. The van der Waals surface area contributed by atoms with Crippen LogP contribution < -0.4 is 4.90 Å². The highest BCUT2D eigenvalue weighted by atomic mass is 32.1. The Morgan fingerprint density at radius 1 is 1.17 bits per heavy atom. The van der Waals surface area contributed by atoms with E-state index in [1.54, 1.807) is 12.3 Å². The van der Waals surface area contributed by atoms with Gasteiger partial charge in [-0.3, -0.25) is 4.90 Å². The predicted molar refractivity (Wildman–Crippen MR) is 113 cm³/mol. The molecule has 1 unspecified atom stereocenters. The molecular weight excluding hydrogens is 405 g/mol. The quantitative estimate of drug-likeness (QED) is 0.524. The zero-order valence-electron chi connectivity index (χ0n) is 16.5. The van der Waals surface area contributed by atoms with Gasteiger partial charge in [-0.2, -0.15) is 4.52 Å². The number of halogens is 1. The number of hydrogen-bond donors (Lipinski definition) is 1. The third-order valence-electron chi connectivity index (χ3n) is 5.49. The highest BCUT2D eigenvalue weighted by Crippen LogP contribution is 2.40. The van der Waals surface area contributed by atoms with Crippen molar-refractivity contribution in [1.29, 1.82) is 0 Å². The lowest BCUT2D eigenvalue weighted by Crippen LogP contribution is -2.48. The number of aromatic hydroxyl groups is 1. The third kappa shape index (κ3) is 3.23. The van der Waals surface area contributed by atoms with E-state index < -0.39 is 0 Å². The van der Waals surface area contributed by atoms with Gasteiger partial charge in [0, 0.05) is 32.6 Å². The van der Waals surface area contributed by atoms with Gasteiger partial charge in [-0.1, -0.05) is 30.4 Å². The maximum Gasteiger partial charge on any atom is 0.230 e. The number of para-hydroxylation sites is 1. The van der Waals surface area contributed by atoms with Gasteiger partial charge in [0.15, 0.2) is 5.82 Å². The SMILES string of the molecule is CCc1nc2sc(C(c3ccco3)N3CCN(c4ccccc4F)CC3)c(O)n2n1. The first-order valence-electron chi connectivity index (χ1n) is 10.00. The van der Waals surface area contributed by atoms with Crippen LogP contribution in [-0.4, -0.2) is 50.8 Å². The molecule has 30 heavy (non-hydrogen) atoms. The van der Waals surface area contributed by atoms with Crippen molar-refractivity contribution in [3.8, 4) is 5.88 Å². The summed E-state index contributed by atoms with van der Waals surface area (Å²) >= 11 is 1.42. The molecule has 4 aromatic rings. The average Bonchev–Trinajstić information content (AvgIpc) is 3.49. The first-order chi connectivity index (χ1) is 14.7. The largest absolute Gasteiger partial charge is 0.492 e. The Morgan fingerprint density at radius 3 is 2.63 bits per heavy atom. The van der Waals surface area contributed by atoms with Gasteiger partial charge in [0.25, 0.3) is 0 Å². The second-order valence-electron chi connectivity index (χ2n) is 7.26. The van der Waals surface area contributed by atoms with E-state index >= 15 is 0 Å². The number of aryl methyl sites for hydroxylation is 1. The number of benzene rings is 1. The van der Waals surface area contributed by atoms with E-state index in [1.807, 2.05) is 31.2 Å². The van der Waals surface area contributed by atoms with Crippen LogP contribution in [0.3, 0.4) is 0 Å². The van der Waals surface area contributed by atoms with Crippen LogP contribution in [0.15, 0.2) is 47.1 Å². The summed E-state index contributed by atoms with van der Waals surface area (Å²) in [5.74, 6) is 1.35. The zero-order chi connectivity index (χ0) is 20.7. The molecule has 0 aliphatic carbocycles. The van der Waals surface area contributed by atoms with Crippen LogP contribution in [0.25, 0.3) is 4.96 Å². The van der Waals surface area contributed by atoms with E-state index in [2.05, 4.69) is 19.9 Å². The summed E-state index contributed by atoms with van der Waals surface area (Å²) < 4.78 is 21.4. The molecule has 1 aliphatic rings. The highest BCUT2D eigenvalue weighted by Gasteiger charge is 2.33. The van der Waals surface area contributed by atoms with Crippen LogP contribution in [0.2, 0.25) is 0 Å². The first-order valence-corrected chi connectivity index (χ1v) is 10.8. The summed E-state index contributed by atoms with van der Waals surface area (Å²) in [6, 6.07) is 10.4. The molecule has 1 aliphatic heterocycles. The minimum atomic E-state index is -0.249. The second-order valence-corrected chi connectivity index (χ2v) is 8.27. The minimum absolute atomic E-state index is 0.0973. The fourth-order valence-electron chi connectivity index (χ4n) is 3.97. The Labute approximate surface area is 177 Å². The fraction of sp³-hybridized carbons (Fsp3) is 0.333. The monoisotopic (exact) mass is 427 g/mol.